The molecule has 2 unspecified atom stereocenters. The van der Waals surface area contributed by atoms with Crippen LogP contribution in [0.4, 0.5) is 0 Å². The van der Waals surface area contributed by atoms with Gasteiger partial charge in [0.2, 0.25) is 0 Å². The van der Waals surface area contributed by atoms with Crippen LogP contribution in [-0.2, 0) is 0 Å². The molecule has 0 saturated carbocycles. The lowest BCUT2D eigenvalue weighted by atomic mass is 10.0. The van der Waals surface area contributed by atoms with Gasteiger partial charge in [0, 0.05) is 31.4 Å². The summed E-state index contributed by atoms with van der Waals surface area (Å²) in [6.07, 6.45) is 7.05. The molecule has 19 heavy (non-hydrogen) atoms. The molecular weight excluding hydrogens is 244 g/mol. The van der Waals surface area contributed by atoms with Crippen LogP contribution < -0.4 is 0 Å². The van der Waals surface area contributed by atoms with E-state index in [1.54, 1.807) is 41.1 Å². The van der Waals surface area contributed by atoms with Gasteiger partial charge in [-0.1, -0.05) is 0 Å². The maximum Gasteiger partial charge on any atom is 0.257 e. The van der Waals surface area contributed by atoms with Crippen molar-refractivity contribution >= 4 is 11.4 Å². The number of rotatable bonds is 2. The second kappa shape index (κ2) is 4.62. The van der Waals surface area contributed by atoms with Gasteiger partial charge in [-0.05, 0) is 13.3 Å². The van der Waals surface area contributed by atoms with E-state index in [0.717, 1.165) is 6.42 Å². The Hall–Kier alpha value is -1.95. The van der Waals surface area contributed by atoms with Gasteiger partial charge in [-0.15, -0.1) is 0 Å². The largest absolute Gasteiger partial charge is 0.393 e. The summed E-state index contributed by atoms with van der Waals surface area (Å²) in [5.74, 6) is 0.134. The first-order chi connectivity index (χ1) is 9.16. The first-order valence-corrected chi connectivity index (χ1v) is 6.41. The van der Waals surface area contributed by atoms with Crippen LogP contribution in [0, 0.1) is 5.92 Å². The lowest BCUT2D eigenvalue weighted by Gasteiger charge is -2.17. The van der Waals surface area contributed by atoms with E-state index in [9.17, 15) is 9.90 Å². The first-order valence-electron chi connectivity index (χ1n) is 6.41. The van der Waals surface area contributed by atoms with Gasteiger partial charge in [0.05, 0.1) is 29.6 Å². The molecule has 6 nitrogen and oxygen atoms in total. The summed E-state index contributed by atoms with van der Waals surface area (Å²) in [4.78, 5) is 18.3. The molecule has 2 aromatic heterocycles. The van der Waals surface area contributed by atoms with Gasteiger partial charge in [0.25, 0.3) is 5.91 Å². The number of aromatic nitrogens is 3. The van der Waals surface area contributed by atoms with Crippen LogP contribution in [0.25, 0.3) is 5.52 Å². The lowest BCUT2D eigenvalue weighted by Crippen LogP contribution is -2.30. The Labute approximate surface area is 110 Å². The number of amides is 1. The minimum Gasteiger partial charge on any atom is -0.393 e. The fourth-order valence-corrected chi connectivity index (χ4v) is 2.54. The topological polar surface area (TPSA) is 70.7 Å². The van der Waals surface area contributed by atoms with E-state index in [1.807, 2.05) is 0 Å². The standard InChI is InChI=1S/C13H16N4O2/c1-9(18)10-2-4-16(8-10)13(19)11-6-15-17-5-3-14-7-12(11)17/h3,5-7,9-10,18H,2,4,8H2,1H3. The predicted molar refractivity (Wildman–Crippen MR) is 68.7 cm³/mol. The fraction of sp³-hybridized carbons (Fsp3) is 0.462. The molecule has 1 aliphatic heterocycles. The van der Waals surface area contributed by atoms with Crippen molar-refractivity contribution in [2.24, 2.45) is 5.92 Å². The molecule has 1 aliphatic rings. The highest BCUT2D eigenvalue weighted by Crippen LogP contribution is 2.22. The van der Waals surface area contributed by atoms with E-state index in [2.05, 4.69) is 10.1 Å². The minimum atomic E-state index is -0.372. The average molecular weight is 260 g/mol. The van der Waals surface area contributed by atoms with E-state index in [-0.39, 0.29) is 17.9 Å². The third-order valence-corrected chi connectivity index (χ3v) is 3.75. The van der Waals surface area contributed by atoms with Crippen molar-refractivity contribution in [3.8, 4) is 0 Å². The van der Waals surface area contributed by atoms with Gasteiger partial charge in [0.15, 0.2) is 0 Å². The van der Waals surface area contributed by atoms with Crippen LogP contribution in [0.1, 0.15) is 23.7 Å². The molecule has 100 valence electrons. The molecule has 0 aliphatic carbocycles. The Morgan fingerprint density at radius 3 is 3.11 bits per heavy atom. The number of carbonyl (C=O) groups excluding carboxylic acids is 1. The summed E-state index contributed by atoms with van der Waals surface area (Å²) in [6, 6.07) is 0. The number of hydrogen-bond donors (Lipinski definition) is 1. The number of hydrogen-bond acceptors (Lipinski definition) is 4. The highest BCUT2D eigenvalue weighted by Gasteiger charge is 2.30. The Morgan fingerprint density at radius 2 is 2.37 bits per heavy atom. The second-order valence-corrected chi connectivity index (χ2v) is 5.00. The summed E-state index contributed by atoms with van der Waals surface area (Å²) in [5.41, 5.74) is 1.28. The number of aliphatic hydroxyl groups excluding tert-OH is 1. The molecule has 0 bridgehead atoms. The number of carbonyl (C=O) groups is 1. The zero-order valence-electron chi connectivity index (χ0n) is 10.7. The van der Waals surface area contributed by atoms with Crippen LogP contribution in [0.15, 0.2) is 24.8 Å². The Kier molecular flexibility index (Phi) is 2.94. The lowest BCUT2D eigenvalue weighted by molar-refractivity contribution is 0.0764. The Balaban J connectivity index is 1.85. The van der Waals surface area contributed by atoms with Gasteiger partial charge < -0.3 is 10.0 Å². The molecule has 1 amide bonds. The maximum atomic E-state index is 12.5. The van der Waals surface area contributed by atoms with Crippen molar-refractivity contribution in [3.63, 3.8) is 0 Å². The first kappa shape index (κ1) is 12.1. The van der Waals surface area contributed by atoms with Crippen molar-refractivity contribution in [1.82, 2.24) is 19.5 Å². The molecular formula is C13H16N4O2. The number of aliphatic hydroxyl groups is 1. The SMILES string of the molecule is CC(O)C1CCN(C(=O)c2cnn3ccncc23)C1. The van der Waals surface area contributed by atoms with Gasteiger partial charge in [-0.3, -0.25) is 9.78 Å². The van der Waals surface area contributed by atoms with E-state index in [0.29, 0.717) is 24.2 Å². The van der Waals surface area contributed by atoms with Crippen LogP contribution in [0.3, 0.4) is 0 Å². The van der Waals surface area contributed by atoms with Gasteiger partial charge in [0.1, 0.15) is 0 Å². The van der Waals surface area contributed by atoms with Gasteiger partial charge in [-0.25, -0.2) is 4.52 Å². The van der Waals surface area contributed by atoms with E-state index in [1.165, 1.54) is 0 Å². The van der Waals surface area contributed by atoms with Gasteiger partial charge in [-0.2, -0.15) is 5.10 Å². The van der Waals surface area contributed by atoms with Crippen molar-refractivity contribution in [1.29, 1.82) is 0 Å². The van der Waals surface area contributed by atoms with Crippen molar-refractivity contribution in [2.45, 2.75) is 19.4 Å². The molecule has 1 saturated heterocycles. The number of nitrogens with zero attached hydrogens (tertiary/aromatic N) is 4. The molecule has 0 spiro atoms. The second-order valence-electron chi connectivity index (χ2n) is 5.00. The number of fused-ring (bicyclic) bond motifs is 1. The molecule has 6 heteroatoms. The predicted octanol–water partition coefficient (Wildman–Crippen LogP) is 0.572. The highest BCUT2D eigenvalue weighted by atomic mass is 16.3. The summed E-state index contributed by atoms with van der Waals surface area (Å²) in [6.45, 7) is 3.07. The summed E-state index contributed by atoms with van der Waals surface area (Å²) < 4.78 is 1.64. The van der Waals surface area contributed by atoms with Crippen LogP contribution in [0.2, 0.25) is 0 Å². The molecule has 3 heterocycles. The number of likely N-dealkylation sites (tertiary alicyclic amines) is 1. The summed E-state index contributed by atoms with van der Waals surface area (Å²) in [5, 5.41) is 13.7. The van der Waals surface area contributed by atoms with E-state index >= 15 is 0 Å². The third kappa shape index (κ3) is 2.08. The minimum absolute atomic E-state index is 0.0360. The molecule has 2 atom stereocenters. The molecule has 2 aromatic rings. The summed E-state index contributed by atoms with van der Waals surface area (Å²) in [7, 11) is 0. The molecule has 3 rings (SSSR count). The van der Waals surface area contributed by atoms with Crippen molar-refractivity contribution < 1.29 is 9.90 Å². The van der Waals surface area contributed by atoms with Crippen LogP contribution in [0.5, 0.6) is 0 Å². The third-order valence-electron chi connectivity index (χ3n) is 3.75. The molecule has 0 radical (unpaired) electrons. The smallest absolute Gasteiger partial charge is 0.257 e. The molecule has 1 N–H and O–H groups in total. The van der Waals surface area contributed by atoms with Crippen molar-refractivity contribution in [2.75, 3.05) is 13.1 Å². The summed E-state index contributed by atoms with van der Waals surface area (Å²) >= 11 is 0. The van der Waals surface area contributed by atoms with Gasteiger partial charge >= 0.3 is 0 Å². The zero-order valence-corrected chi connectivity index (χ0v) is 10.7. The normalized spacial score (nSPS) is 20.9. The zero-order chi connectivity index (χ0) is 13.4. The van der Waals surface area contributed by atoms with Crippen LogP contribution in [-0.4, -0.2) is 49.7 Å². The van der Waals surface area contributed by atoms with Crippen molar-refractivity contribution in [3.05, 3.63) is 30.4 Å². The molecule has 1 fully saturated rings. The monoisotopic (exact) mass is 260 g/mol. The average Bonchev–Trinajstić information content (AvgIpc) is 3.05. The fourth-order valence-electron chi connectivity index (χ4n) is 2.54. The Morgan fingerprint density at radius 1 is 1.53 bits per heavy atom. The van der Waals surface area contributed by atoms with E-state index in [4.69, 9.17) is 0 Å². The van der Waals surface area contributed by atoms with Crippen LogP contribution >= 0.6 is 0 Å². The Bertz CT molecular complexity index is 607. The highest BCUT2D eigenvalue weighted by molar-refractivity contribution is 6.00. The quantitative estimate of drug-likeness (QED) is 0.857. The molecule has 0 aromatic carbocycles. The van der Waals surface area contributed by atoms with E-state index < -0.39 is 0 Å². The maximum absolute atomic E-state index is 12.5.